The molecule has 0 spiro atoms. The van der Waals surface area contributed by atoms with Gasteiger partial charge >= 0.3 is 0 Å². The molecule has 0 bridgehead atoms. The Hall–Kier alpha value is -2.08. The van der Waals surface area contributed by atoms with Crippen molar-refractivity contribution in [3.63, 3.8) is 0 Å². The lowest BCUT2D eigenvalue weighted by Crippen LogP contribution is -2.37. The summed E-state index contributed by atoms with van der Waals surface area (Å²) >= 11 is 0. The maximum Gasteiger partial charge on any atom is 0.255 e. The van der Waals surface area contributed by atoms with Crippen LogP contribution in [0.3, 0.4) is 0 Å². The maximum absolute atomic E-state index is 11.9. The van der Waals surface area contributed by atoms with Gasteiger partial charge < -0.3 is 21.1 Å². The normalized spacial score (nSPS) is 11.7. The molecule has 6 heteroatoms. The number of carbonyl (C=O) groups is 2. The number of amides is 2. The van der Waals surface area contributed by atoms with Crippen LogP contribution in [0.4, 0.5) is 0 Å². The fraction of sp³-hybridized carbons (Fsp3) is 0.385. The number of nitrogens with one attached hydrogen (secondary N) is 2. The van der Waals surface area contributed by atoms with Gasteiger partial charge in [0.1, 0.15) is 5.75 Å². The summed E-state index contributed by atoms with van der Waals surface area (Å²) in [5.74, 6) is -0.308. The third-order valence-electron chi connectivity index (χ3n) is 2.54. The number of likely N-dealkylation sites (N-methyl/N-ethyl adjacent to an activating group) is 1. The van der Waals surface area contributed by atoms with Gasteiger partial charge in [-0.25, -0.2) is 0 Å². The lowest BCUT2D eigenvalue weighted by atomic mass is 10.2. The molecule has 0 saturated heterocycles. The van der Waals surface area contributed by atoms with Crippen molar-refractivity contribution < 1.29 is 14.3 Å². The van der Waals surface area contributed by atoms with E-state index in [0.29, 0.717) is 17.9 Å². The molecule has 0 heterocycles. The van der Waals surface area contributed by atoms with Crippen LogP contribution < -0.4 is 21.1 Å². The number of rotatable bonds is 7. The van der Waals surface area contributed by atoms with Crippen molar-refractivity contribution in [3.05, 3.63) is 29.8 Å². The van der Waals surface area contributed by atoms with E-state index >= 15 is 0 Å². The Kier molecular flexibility index (Phi) is 5.81. The molecule has 1 unspecified atom stereocenters. The molecule has 104 valence electrons. The molecular weight excluding hydrogens is 246 g/mol. The van der Waals surface area contributed by atoms with Gasteiger partial charge in [0, 0.05) is 18.2 Å². The largest absolute Gasteiger partial charge is 0.484 e. The Balaban J connectivity index is 2.59. The highest BCUT2D eigenvalue weighted by molar-refractivity contribution is 5.94. The SMILES string of the molecule is CNC(C)CNC(=O)c1cccc(OCC(N)=O)c1. The molecule has 0 fully saturated rings. The first-order valence-electron chi connectivity index (χ1n) is 5.99. The molecule has 0 aliphatic heterocycles. The summed E-state index contributed by atoms with van der Waals surface area (Å²) in [5, 5.41) is 5.82. The van der Waals surface area contributed by atoms with Gasteiger partial charge in [-0.1, -0.05) is 6.07 Å². The van der Waals surface area contributed by atoms with E-state index in [1.165, 1.54) is 0 Å². The average molecular weight is 265 g/mol. The van der Waals surface area contributed by atoms with E-state index in [-0.39, 0.29) is 18.6 Å². The van der Waals surface area contributed by atoms with Gasteiger partial charge in [0.2, 0.25) is 0 Å². The van der Waals surface area contributed by atoms with E-state index in [2.05, 4.69) is 10.6 Å². The van der Waals surface area contributed by atoms with Crippen LogP contribution >= 0.6 is 0 Å². The molecule has 6 nitrogen and oxygen atoms in total. The number of nitrogens with two attached hydrogens (primary N) is 1. The lowest BCUT2D eigenvalue weighted by molar-refractivity contribution is -0.119. The third-order valence-corrected chi connectivity index (χ3v) is 2.54. The molecule has 1 aromatic carbocycles. The molecule has 0 aliphatic rings. The van der Waals surface area contributed by atoms with Crippen molar-refractivity contribution in [2.75, 3.05) is 20.2 Å². The molecule has 1 aromatic rings. The zero-order valence-electron chi connectivity index (χ0n) is 11.1. The maximum atomic E-state index is 11.9. The van der Waals surface area contributed by atoms with Crippen molar-refractivity contribution in [2.24, 2.45) is 5.73 Å². The van der Waals surface area contributed by atoms with Gasteiger partial charge in [-0.2, -0.15) is 0 Å². The van der Waals surface area contributed by atoms with Gasteiger partial charge in [-0.15, -0.1) is 0 Å². The molecule has 1 rings (SSSR count). The highest BCUT2D eigenvalue weighted by Crippen LogP contribution is 2.13. The van der Waals surface area contributed by atoms with Crippen LogP contribution in [0.2, 0.25) is 0 Å². The average Bonchev–Trinajstić information content (AvgIpc) is 2.42. The van der Waals surface area contributed by atoms with Crippen LogP contribution in [0.5, 0.6) is 5.75 Å². The predicted molar refractivity (Wildman–Crippen MR) is 72.0 cm³/mol. The summed E-state index contributed by atoms with van der Waals surface area (Å²) in [6.07, 6.45) is 0. The second kappa shape index (κ2) is 7.38. The van der Waals surface area contributed by atoms with Crippen LogP contribution in [-0.4, -0.2) is 38.1 Å². The molecule has 2 amide bonds. The van der Waals surface area contributed by atoms with Crippen molar-refractivity contribution >= 4 is 11.8 Å². The number of hydrogen-bond acceptors (Lipinski definition) is 4. The highest BCUT2D eigenvalue weighted by atomic mass is 16.5. The smallest absolute Gasteiger partial charge is 0.255 e. The summed E-state index contributed by atoms with van der Waals surface area (Å²) in [7, 11) is 1.83. The van der Waals surface area contributed by atoms with Crippen LogP contribution in [0.1, 0.15) is 17.3 Å². The minimum absolute atomic E-state index is 0.188. The summed E-state index contributed by atoms with van der Waals surface area (Å²) in [6, 6.07) is 6.79. The van der Waals surface area contributed by atoms with Crippen molar-refractivity contribution in [1.29, 1.82) is 0 Å². The predicted octanol–water partition coefficient (Wildman–Crippen LogP) is -0.112. The van der Waals surface area contributed by atoms with Crippen LogP contribution in [0, 0.1) is 0 Å². The number of hydrogen-bond donors (Lipinski definition) is 3. The molecule has 0 aromatic heterocycles. The standard InChI is InChI=1S/C13H19N3O3/c1-9(15-2)7-16-13(18)10-4-3-5-11(6-10)19-8-12(14)17/h3-6,9,15H,7-8H2,1-2H3,(H2,14,17)(H,16,18). The first-order valence-corrected chi connectivity index (χ1v) is 5.99. The zero-order valence-corrected chi connectivity index (χ0v) is 11.1. The minimum atomic E-state index is -0.558. The van der Waals surface area contributed by atoms with Gasteiger partial charge in [0.05, 0.1) is 0 Å². The second-order valence-corrected chi connectivity index (χ2v) is 4.18. The number of ether oxygens (including phenoxy) is 1. The Labute approximate surface area is 112 Å². The molecule has 19 heavy (non-hydrogen) atoms. The summed E-state index contributed by atoms with van der Waals surface area (Å²) in [4.78, 5) is 22.5. The van der Waals surface area contributed by atoms with Gasteiger partial charge in [-0.05, 0) is 32.2 Å². The highest BCUT2D eigenvalue weighted by Gasteiger charge is 2.08. The van der Waals surface area contributed by atoms with E-state index in [1.54, 1.807) is 24.3 Å². The number of benzene rings is 1. The van der Waals surface area contributed by atoms with E-state index in [0.717, 1.165) is 0 Å². The molecule has 0 radical (unpaired) electrons. The second-order valence-electron chi connectivity index (χ2n) is 4.18. The Bertz CT molecular complexity index is 449. The third kappa shape index (κ3) is 5.39. The summed E-state index contributed by atoms with van der Waals surface area (Å²) in [5.41, 5.74) is 5.46. The van der Waals surface area contributed by atoms with Crippen molar-refractivity contribution in [1.82, 2.24) is 10.6 Å². The zero-order chi connectivity index (χ0) is 14.3. The monoisotopic (exact) mass is 265 g/mol. The van der Waals surface area contributed by atoms with E-state index in [4.69, 9.17) is 10.5 Å². The van der Waals surface area contributed by atoms with E-state index < -0.39 is 5.91 Å². The van der Waals surface area contributed by atoms with Crippen LogP contribution in [-0.2, 0) is 4.79 Å². The van der Waals surface area contributed by atoms with Gasteiger partial charge in [0.25, 0.3) is 11.8 Å². The molecular formula is C13H19N3O3. The fourth-order valence-corrected chi connectivity index (χ4v) is 1.33. The quantitative estimate of drug-likeness (QED) is 0.641. The Morgan fingerprint density at radius 2 is 2.16 bits per heavy atom. The molecule has 4 N–H and O–H groups in total. The number of carbonyl (C=O) groups excluding carboxylic acids is 2. The van der Waals surface area contributed by atoms with Crippen LogP contribution in [0.15, 0.2) is 24.3 Å². The van der Waals surface area contributed by atoms with Crippen molar-refractivity contribution in [2.45, 2.75) is 13.0 Å². The van der Waals surface area contributed by atoms with E-state index in [9.17, 15) is 9.59 Å². The fourth-order valence-electron chi connectivity index (χ4n) is 1.33. The number of primary amides is 1. The Morgan fingerprint density at radius 3 is 2.79 bits per heavy atom. The van der Waals surface area contributed by atoms with Crippen molar-refractivity contribution in [3.8, 4) is 5.75 Å². The van der Waals surface area contributed by atoms with Gasteiger partial charge in [-0.3, -0.25) is 9.59 Å². The topological polar surface area (TPSA) is 93.4 Å². The Morgan fingerprint density at radius 1 is 1.42 bits per heavy atom. The molecule has 1 atom stereocenters. The van der Waals surface area contributed by atoms with Crippen LogP contribution in [0.25, 0.3) is 0 Å². The summed E-state index contributed by atoms with van der Waals surface area (Å²) < 4.78 is 5.14. The lowest BCUT2D eigenvalue weighted by Gasteiger charge is -2.12. The minimum Gasteiger partial charge on any atom is -0.484 e. The van der Waals surface area contributed by atoms with E-state index in [1.807, 2.05) is 14.0 Å². The van der Waals surface area contributed by atoms with Gasteiger partial charge in [0.15, 0.2) is 6.61 Å². The first-order chi connectivity index (χ1) is 9.02. The first kappa shape index (κ1) is 15.0. The molecule has 0 saturated carbocycles. The molecule has 0 aliphatic carbocycles. The summed E-state index contributed by atoms with van der Waals surface area (Å²) in [6.45, 7) is 2.29.